The lowest BCUT2D eigenvalue weighted by Crippen LogP contribution is -2.26. The Morgan fingerprint density at radius 1 is 0.650 bits per heavy atom. The summed E-state index contributed by atoms with van der Waals surface area (Å²) in [7, 11) is 0. The van der Waals surface area contributed by atoms with Gasteiger partial charge in [-0.2, -0.15) is 0 Å². The molecule has 20 heavy (non-hydrogen) atoms. The second-order valence-corrected chi connectivity index (χ2v) is 3.47. The molecule has 0 saturated carbocycles. The highest BCUT2D eigenvalue weighted by Gasteiger charge is 2.23. The number of esters is 4. The minimum atomic E-state index is -1.60. The Hall–Kier alpha value is -2.71. The predicted molar refractivity (Wildman–Crippen MR) is 57.8 cm³/mol. The van der Waals surface area contributed by atoms with Gasteiger partial charge in [0, 0.05) is 20.3 Å². The molecule has 0 N–H and O–H groups in total. The number of ether oxygens (including phenoxy) is 2. The number of hydrogen-bond acceptors (Lipinski definition) is 9. The summed E-state index contributed by atoms with van der Waals surface area (Å²) in [6, 6.07) is 0. The van der Waals surface area contributed by atoms with Crippen molar-refractivity contribution in [2.45, 2.75) is 26.7 Å². The van der Waals surface area contributed by atoms with Crippen LogP contribution >= 0.6 is 0 Å². The molecular formula is C11H10O9. The van der Waals surface area contributed by atoms with Crippen LogP contribution in [-0.4, -0.2) is 41.2 Å². The molecule has 0 unspecified atom stereocenters. The fourth-order valence-electron chi connectivity index (χ4n) is 0.757. The number of ketones is 3. The maximum atomic E-state index is 11.1. The number of carbonyl (C=O) groups is 7. The summed E-state index contributed by atoms with van der Waals surface area (Å²) in [5.74, 6) is -9.02. The monoisotopic (exact) mass is 286 g/mol. The third-order valence-corrected chi connectivity index (χ3v) is 1.75. The van der Waals surface area contributed by atoms with Crippen molar-refractivity contribution in [3.8, 4) is 0 Å². The zero-order chi connectivity index (χ0) is 15.9. The Kier molecular flexibility index (Phi) is 6.63. The van der Waals surface area contributed by atoms with Crippen molar-refractivity contribution >= 4 is 41.2 Å². The molecule has 0 radical (unpaired) electrons. The van der Waals surface area contributed by atoms with Gasteiger partial charge in [-0.3, -0.25) is 19.2 Å². The van der Waals surface area contributed by atoms with Crippen LogP contribution in [0.5, 0.6) is 0 Å². The van der Waals surface area contributed by atoms with Gasteiger partial charge in [-0.05, 0) is 0 Å². The molecule has 9 heteroatoms. The van der Waals surface area contributed by atoms with Crippen LogP contribution in [0, 0.1) is 0 Å². The zero-order valence-corrected chi connectivity index (χ0v) is 10.6. The van der Waals surface area contributed by atoms with Crippen LogP contribution in [-0.2, 0) is 43.0 Å². The maximum absolute atomic E-state index is 11.1. The first kappa shape index (κ1) is 17.3. The van der Waals surface area contributed by atoms with Gasteiger partial charge in [-0.25, -0.2) is 14.4 Å². The third-order valence-electron chi connectivity index (χ3n) is 1.75. The van der Waals surface area contributed by atoms with Crippen LogP contribution < -0.4 is 0 Å². The fourth-order valence-corrected chi connectivity index (χ4v) is 0.757. The summed E-state index contributed by atoms with van der Waals surface area (Å²) in [5.41, 5.74) is 0. The molecule has 0 aliphatic rings. The molecule has 0 bridgehead atoms. The molecule has 0 aliphatic carbocycles. The van der Waals surface area contributed by atoms with Crippen molar-refractivity contribution in [3.05, 3.63) is 0 Å². The van der Waals surface area contributed by atoms with E-state index in [-0.39, 0.29) is 0 Å². The van der Waals surface area contributed by atoms with Crippen LogP contribution in [0.25, 0.3) is 0 Å². The van der Waals surface area contributed by atoms with Crippen molar-refractivity contribution in [2.75, 3.05) is 0 Å². The summed E-state index contributed by atoms with van der Waals surface area (Å²) >= 11 is 0. The topological polar surface area (TPSA) is 138 Å². The molecular weight excluding hydrogens is 276 g/mol. The molecule has 0 heterocycles. The molecule has 0 aromatic heterocycles. The molecule has 0 aromatic rings. The van der Waals surface area contributed by atoms with Crippen LogP contribution in [0.3, 0.4) is 0 Å². The Morgan fingerprint density at radius 2 is 1.10 bits per heavy atom. The Labute approximate surface area is 112 Å². The average molecular weight is 286 g/mol. The van der Waals surface area contributed by atoms with Gasteiger partial charge in [-0.15, -0.1) is 0 Å². The highest BCUT2D eigenvalue weighted by atomic mass is 16.6. The van der Waals surface area contributed by atoms with Crippen LogP contribution in [0.15, 0.2) is 0 Å². The third kappa shape index (κ3) is 6.28. The molecule has 0 saturated heterocycles. The van der Waals surface area contributed by atoms with Gasteiger partial charge in [0.25, 0.3) is 0 Å². The van der Waals surface area contributed by atoms with E-state index in [9.17, 15) is 33.6 Å². The standard InChI is InChI=1S/C11H10O9/c1-5(12)9(16)19-8(15)4-3-7(14)11(18)20-10(17)6(2)13/h3-4H2,1-2H3. The molecule has 0 spiro atoms. The van der Waals surface area contributed by atoms with Crippen LogP contribution in [0.1, 0.15) is 26.7 Å². The lowest BCUT2D eigenvalue weighted by Gasteiger charge is -2.00. The Morgan fingerprint density at radius 3 is 1.55 bits per heavy atom. The van der Waals surface area contributed by atoms with E-state index in [4.69, 9.17) is 0 Å². The molecule has 9 nitrogen and oxygen atoms in total. The van der Waals surface area contributed by atoms with E-state index in [1.165, 1.54) is 0 Å². The van der Waals surface area contributed by atoms with E-state index in [2.05, 4.69) is 9.47 Å². The summed E-state index contributed by atoms with van der Waals surface area (Å²) in [4.78, 5) is 75.4. The smallest absolute Gasteiger partial charge is 0.382 e. The number of Topliss-reactive ketones (excluding diaryl/α,β-unsaturated/α-hetero) is 3. The molecule has 0 atom stereocenters. The van der Waals surface area contributed by atoms with Crippen LogP contribution in [0.2, 0.25) is 0 Å². The maximum Gasteiger partial charge on any atom is 0.382 e. The first-order valence-electron chi connectivity index (χ1n) is 5.20. The summed E-state index contributed by atoms with van der Waals surface area (Å²) in [5, 5.41) is 0. The number of carbonyl (C=O) groups excluding carboxylic acids is 7. The zero-order valence-electron chi connectivity index (χ0n) is 10.6. The quantitative estimate of drug-likeness (QED) is 0.329. The second kappa shape index (κ2) is 7.67. The van der Waals surface area contributed by atoms with E-state index in [0.717, 1.165) is 13.8 Å². The first-order valence-corrected chi connectivity index (χ1v) is 5.20. The highest BCUT2D eigenvalue weighted by Crippen LogP contribution is 1.98. The minimum Gasteiger partial charge on any atom is -0.387 e. The first-order chi connectivity index (χ1) is 9.15. The van der Waals surface area contributed by atoms with Crippen molar-refractivity contribution in [2.24, 2.45) is 0 Å². The number of hydrogen-bond donors (Lipinski definition) is 0. The van der Waals surface area contributed by atoms with Gasteiger partial charge in [0.15, 0.2) is 0 Å². The van der Waals surface area contributed by atoms with Crippen molar-refractivity contribution in [3.63, 3.8) is 0 Å². The van der Waals surface area contributed by atoms with E-state index < -0.39 is 54.1 Å². The molecule has 0 aliphatic heterocycles. The van der Waals surface area contributed by atoms with E-state index in [0.29, 0.717) is 0 Å². The van der Waals surface area contributed by atoms with Gasteiger partial charge in [0.2, 0.25) is 17.3 Å². The summed E-state index contributed by atoms with van der Waals surface area (Å²) < 4.78 is 7.88. The second-order valence-electron chi connectivity index (χ2n) is 3.47. The van der Waals surface area contributed by atoms with E-state index in [1.807, 2.05) is 0 Å². The van der Waals surface area contributed by atoms with E-state index in [1.54, 1.807) is 0 Å². The van der Waals surface area contributed by atoms with E-state index >= 15 is 0 Å². The highest BCUT2D eigenvalue weighted by molar-refractivity contribution is 6.41. The fraction of sp³-hybridized carbons (Fsp3) is 0.364. The van der Waals surface area contributed by atoms with Gasteiger partial charge in [0.05, 0.1) is 6.42 Å². The lowest BCUT2D eigenvalue weighted by atomic mass is 10.2. The molecule has 0 amide bonds. The summed E-state index contributed by atoms with van der Waals surface area (Å²) in [6.45, 7) is 1.72. The van der Waals surface area contributed by atoms with Gasteiger partial charge in [-0.1, -0.05) is 0 Å². The van der Waals surface area contributed by atoms with Crippen LogP contribution in [0.4, 0.5) is 0 Å². The van der Waals surface area contributed by atoms with Crippen molar-refractivity contribution in [1.29, 1.82) is 0 Å². The molecule has 108 valence electrons. The normalized spacial score (nSPS) is 9.30. The molecule has 0 rings (SSSR count). The summed E-state index contributed by atoms with van der Waals surface area (Å²) in [6.07, 6.45) is -1.37. The van der Waals surface area contributed by atoms with Crippen molar-refractivity contribution < 1.29 is 43.0 Å². The SMILES string of the molecule is CC(=O)C(=O)OC(=O)CCC(=O)C(=O)OC(=O)C(C)=O. The Bertz CT molecular complexity index is 500. The van der Waals surface area contributed by atoms with Gasteiger partial charge >= 0.3 is 23.9 Å². The average Bonchev–Trinajstić information content (AvgIpc) is 2.35. The van der Waals surface area contributed by atoms with Gasteiger partial charge < -0.3 is 9.47 Å². The predicted octanol–water partition coefficient (Wildman–Crippen LogP) is -1.35. The molecule has 0 aromatic carbocycles. The number of rotatable bonds is 6. The van der Waals surface area contributed by atoms with Crippen molar-refractivity contribution in [1.82, 2.24) is 0 Å². The largest absolute Gasteiger partial charge is 0.387 e. The minimum absolute atomic E-state index is 0.665. The molecule has 0 fully saturated rings. The Balaban J connectivity index is 4.22. The van der Waals surface area contributed by atoms with Gasteiger partial charge in [0.1, 0.15) is 0 Å². The lowest BCUT2D eigenvalue weighted by molar-refractivity contribution is -0.167.